The van der Waals surface area contributed by atoms with Gasteiger partial charge in [-0.15, -0.1) is 0 Å². The molecule has 0 bridgehead atoms. The van der Waals surface area contributed by atoms with E-state index in [1.807, 2.05) is 0 Å². The van der Waals surface area contributed by atoms with Crippen molar-refractivity contribution in [3.8, 4) is 0 Å². The zero-order valence-corrected chi connectivity index (χ0v) is 13.2. The molecule has 4 heteroatoms. The molecule has 2 aliphatic heterocycles. The minimum absolute atomic E-state index is 0.509. The number of likely N-dealkylation sites (tertiary alicyclic amines) is 1. The fraction of sp³-hybridized carbons (Fsp3) is 0.812. The van der Waals surface area contributed by atoms with Gasteiger partial charge in [-0.3, -0.25) is 0 Å². The predicted octanol–water partition coefficient (Wildman–Crippen LogP) is 2.14. The van der Waals surface area contributed by atoms with Crippen LogP contribution in [-0.2, 0) is 19.5 Å². The number of nitrogens with one attached hydrogen (secondary N) is 1. The standard InChI is InChI=1S/C16H28N4/c1-12(2)16-18-14-10-17-8-7-15(14)20(16)11-13-6-4-5-9-19(13)3/h12-13,17H,4-11H2,1-3H3. The van der Waals surface area contributed by atoms with Gasteiger partial charge in [0.1, 0.15) is 5.82 Å². The fourth-order valence-electron chi connectivity index (χ4n) is 3.62. The van der Waals surface area contributed by atoms with Crippen molar-refractivity contribution in [1.82, 2.24) is 19.8 Å². The van der Waals surface area contributed by atoms with E-state index in [-0.39, 0.29) is 0 Å². The number of imidazole rings is 1. The Morgan fingerprint density at radius 2 is 2.20 bits per heavy atom. The number of nitrogens with zero attached hydrogens (tertiary/aromatic N) is 3. The summed E-state index contributed by atoms with van der Waals surface area (Å²) in [5, 5.41) is 3.45. The van der Waals surface area contributed by atoms with Crippen LogP contribution in [-0.4, -0.2) is 40.6 Å². The zero-order valence-electron chi connectivity index (χ0n) is 13.2. The molecule has 0 radical (unpaired) electrons. The highest BCUT2D eigenvalue weighted by molar-refractivity contribution is 5.22. The molecule has 2 aliphatic rings. The second-order valence-corrected chi connectivity index (χ2v) is 6.69. The maximum atomic E-state index is 4.92. The van der Waals surface area contributed by atoms with Crippen LogP contribution < -0.4 is 5.32 Å². The average molecular weight is 276 g/mol. The monoisotopic (exact) mass is 276 g/mol. The lowest BCUT2D eigenvalue weighted by molar-refractivity contribution is 0.165. The molecule has 0 amide bonds. The number of aromatic nitrogens is 2. The van der Waals surface area contributed by atoms with Gasteiger partial charge in [0.05, 0.1) is 5.69 Å². The predicted molar refractivity (Wildman–Crippen MR) is 82.0 cm³/mol. The van der Waals surface area contributed by atoms with Crippen molar-refractivity contribution in [3.63, 3.8) is 0 Å². The van der Waals surface area contributed by atoms with Crippen molar-refractivity contribution < 1.29 is 0 Å². The summed E-state index contributed by atoms with van der Waals surface area (Å²) in [6, 6.07) is 0.689. The third-order valence-electron chi connectivity index (χ3n) is 4.85. The van der Waals surface area contributed by atoms with Gasteiger partial charge >= 0.3 is 0 Å². The van der Waals surface area contributed by atoms with E-state index in [9.17, 15) is 0 Å². The Balaban J connectivity index is 1.88. The van der Waals surface area contributed by atoms with Crippen molar-refractivity contribution in [2.75, 3.05) is 20.1 Å². The maximum absolute atomic E-state index is 4.92. The molecule has 0 aliphatic carbocycles. The van der Waals surface area contributed by atoms with Gasteiger partial charge in [-0.25, -0.2) is 4.98 Å². The first-order valence-corrected chi connectivity index (χ1v) is 8.16. The molecule has 0 spiro atoms. The third-order valence-corrected chi connectivity index (χ3v) is 4.85. The van der Waals surface area contributed by atoms with Crippen LogP contribution >= 0.6 is 0 Å². The summed E-state index contributed by atoms with van der Waals surface area (Å²) in [4.78, 5) is 7.47. The van der Waals surface area contributed by atoms with Crippen LogP contribution in [0.2, 0.25) is 0 Å². The van der Waals surface area contributed by atoms with Gasteiger partial charge in [-0.1, -0.05) is 20.3 Å². The van der Waals surface area contributed by atoms with Gasteiger partial charge < -0.3 is 14.8 Å². The minimum atomic E-state index is 0.509. The first-order chi connectivity index (χ1) is 9.66. The van der Waals surface area contributed by atoms with Crippen molar-refractivity contribution >= 4 is 0 Å². The van der Waals surface area contributed by atoms with Crippen LogP contribution in [0.15, 0.2) is 0 Å². The molecule has 0 aromatic carbocycles. The number of fused-ring (bicyclic) bond motifs is 1. The smallest absolute Gasteiger partial charge is 0.111 e. The molecule has 0 saturated carbocycles. The van der Waals surface area contributed by atoms with E-state index in [1.54, 1.807) is 0 Å². The number of hydrogen-bond donors (Lipinski definition) is 1. The normalized spacial score (nSPS) is 24.1. The van der Waals surface area contributed by atoms with Gasteiger partial charge in [0, 0.05) is 43.7 Å². The van der Waals surface area contributed by atoms with Crippen LogP contribution in [0.25, 0.3) is 0 Å². The SMILES string of the molecule is CC(C)c1nc2c(n1CC1CCCCN1C)CCNC2. The van der Waals surface area contributed by atoms with E-state index in [0.29, 0.717) is 12.0 Å². The molecular formula is C16H28N4. The Morgan fingerprint density at radius 3 is 2.95 bits per heavy atom. The summed E-state index contributed by atoms with van der Waals surface area (Å²) in [6.07, 6.45) is 5.20. The molecule has 4 nitrogen and oxygen atoms in total. The summed E-state index contributed by atoms with van der Waals surface area (Å²) in [5.74, 6) is 1.80. The van der Waals surface area contributed by atoms with E-state index in [1.165, 1.54) is 43.0 Å². The van der Waals surface area contributed by atoms with Crippen molar-refractivity contribution in [1.29, 1.82) is 0 Å². The summed E-state index contributed by atoms with van der Waals surface area (Å²) in [7, 11) is 2.28. The molecule has 1 aromatic heterocycles. The van der Waals surface area contributed by atoms with E-state index in [0.717, 1.165) is 26.1 Å². The molecule has 112 valence electrons. The third kappa shape index (κ3) is 2.63. The first kappa shape index (κ1) is 14.1. The topological polar surface area (TPSA) is 33.1 Å². The van der Waals surface area contributed by atoms with Crippen molar-refractivity contribution in [2.24, 2.45) is 0 Å². The largest absolute Gasteiger partial charge is 0.330 e. The van der Waals surface area contributed by atoms with Crippen LogP contribution in [0, 0.1) is 0 Å². The van der Waals surface area contributed by atoms with Gasteiger partial charge in [0.15, 0.2) is 0 Å². The van der Waals surface area contributed by atoms with Crippen molar-refractivity contribution in [3.05, 3.63) is 17.2 Å². The highest BCUT2D eigenvalue weighted by atomic mass is 15.2. The Labute approximate surface area is 122 Å². The number of piperidine rings is 1. The van der Waals surface area contributed by atoms with Crippen LogP contribution in [0.4, 0.5) is 0 Å². The van der Waals surface area contributed by atoms with Crippen LogP contribution in [0.1, 0.15) is 56.2 Å². The molecule has 20 heavy (non-hydrogen) atoms. The number of hydrogen-bond acceptors (Lipinski definition) is 3. The van der Waals surface area contributed by atoms with E-state index >= 15 is 0 Å². The lowest BCUT2D eigenvalue weighted by Crippen LogP contribution is -2.40. The van der Waals surface area contributed by atoms with Crippen molar-refractivity contribution in [2.45, 2.75) is 64.6 Å². The second-order valence-electron chi connectivity index (χ2n) is 6.69. The number of rotatable bonds is 3. The van der Waals surface area contributed by atoms with Gasteiger partial charge in [-0.05, 0) is 26.4 Å². The van der Waals surface area contributed by atoms with Gasteiger partial charge in [0.2, 0.25) is 0 Å². The Kier molecular flexibility index (Phi) is 4.13. The maximum Gasteiger partial charge on any atom is 0.111 e. The lowest BCUT2D eigenvalue weighted by atomic mass is 10.0. The van der Waals surface area contributed by atoms with Gasteiger partial charge in [0.25, 0.3) is 0 Å². The minimum Gasteiger partial charge on any atom is -0.330 e. The van der Waals surface area contributed by atoms with E-state index in [4.69, 9.17) is 4.98 Å². The molecule has 1 aromatic rings. The average Bonchev–Trinajstić information content (AvgIpc) is 2.81. The highest BCUT2D eigenvalue weighted by Crippen LogP contribution is 2.25. The summed E-state index contributed by atoms with van der Waals surface area (Å²) >= 11 is 0. The molecule has 1 saturated heterocycles. The Bertz CT molecular complexity index is 463. The fourth-order valence-corrected chi connectivity index (χ4v) is 3.62. The van der Waals surface area contributed by atoms with E-state index < -0.39 is 0 Å². The zero-order chi connectivity index (χ0) is 14.1. The molecule has 1 atom stereocenters. The molecule has 1 fully saturated rings. The van der Waals surface area contributed by atoms with Crippen LogP contribution in [0.3, 0.4) is 0 Å². The summed E-state index contributed by atoms with van der Waals surface area (Å²) in [5.41, 5.74) is 2.78. The lowest BCUT2D eigenvalue weighted by Gasteiger charge is -2.34. The molecular weight excluding hydrogens is 248 g/mol. The van der Waals surface area contributed by atoms with Gasteiger partial charge in [-0.2, -0.15) is 0 Å². The summed E-state index contributed by atoms with van der Waals surface area (Å²) in [6.45, 7) is 8.95. The molecule has 1 unspecified atom stereocenters. The highest BCUT2D eigenvalue weighted by Gasteiger charge is 2.25. The summed E-state index contributed by atoms with van der Waals surface area (Å²) < 4.78 is 2.55. The van der Waals surface area contributed by atoms with Crippen LogP contribution in [0.5, 0.6) is 0 Å². The Hall–Kier alpha value is -0.870. The second kappa shape index (κ2) is 5.86. The Morgan fingerprint density at radius 1 is 1.35 bits per heavy atom. The number of likely N-dealkylation sites (N-methyl/N-ethyl adjacent to an activating group) is 1. The van der Waals surface area contributed by atoms with E-state index in [2.05, 4.69) is 35.7 Å². The molecule has 3 heterocycles. The first-order valence-electron chi connectivity index (χ1n) is 8.16. The molecule has 1 N–H and O–H groups in total. The quantitative estimate of drug-likeness (QED) is 0.918. The molecule has 3 rings (SSSR count).